The number of rotatable bonds is 2. The van der Waals surface area contributed by atoms with E-state index in [1.807, 2.05) is 32.3 Å². The van der Waals surface area contributed by atoms with Crippen molar-refractivity contribution in [3.05, 3.63) is 35.6 Å². The molecule has 0 heterocycles. The smallest absolute Gasteiger partial charge is 0.0867 e. The Morgan fingerprint density at radius 1 is 1.55 bits per heavy atom. The molecule has 0 aromatic rings. The zero-order valence-electron chi connectivity index (χ0n) is 6.91. The first kappa shape index (κ1) is 8.08. The minimum Gasteiger partial charge on any atom is -0.515 e. The van der Waals surface area contributed by atoms with E-state index in [1.165, 1.54) is 0 Å². The summed E-state index contributed by atoms with van der Waals surface area (Å²) in [6.07, 6.45) is 7.01. The molecule has 2 heteroatoms. The topological polar surface area (TPSA) is 23.5 Å². The minimum atomic E-state index is 0.874. The lowest BCUT2D eigenvalue weighted by molar-refractivity contribution is 0.442. The van der Waals surface area contributed by atoms with Crippen molar-refractivity contribution < 1.29 is 5.11 Å². The maximum absolute atomic E-state index is 8.78. The van der Waals surface area contributed by atoms with E-state index in [2.05, 4.69) is 4.90 Å². The third kappa shape index (κ3) is 1.95. The van der Waals surface area contributed by atoms with Crippen molar-refractivity contribution in [3.63, 3.8) is 0 Å². The number of aliphatic hydroxyl groups is 1. The Hall–Kier alpha value is -1.02. The lowest BCUT2D eigenvalue weighted by atomic mass is 10.1. The number of hydrogen-bond acceptors (Lipinski definition) is 2. The van der Waals surface area contributed by atoms with Crippen molar-refractivity contribution in [1.29, 1.82) is 0 Å². The van der Waals surface area contributed by atoms with Gasteiger partial charge in [-0.05, 0) is 19.7 Å². The first-order valence-electron chi connectivity index (χ1n) is 3.61. The van der Waals surface area contributed by atoms with Crippen molar-refractivity contribution >= 4 is 0 Å². The van der Waals surface area contributed by atoms with Crippen molar-refractivity contribution in [2.24, 2.45) is 0 Å². The van der Waals surface area contributed by atoms with E-state index in [4.69, 9.17) is 5.11 Å². The summed E-state index contributed by atoms with van der Waals surface area (Å²) in [5, 5.41) is 8.78. The van der Waals surface area contributed by atoms with Crippen molar-refractivity contribution in [1.82, 2.24) is 4.90 Å². The number of likely N-dealkylation sites (N-methyl/N-ethyl adjacent to an activating group) is 1. The van der Waals surface area contributed by atoms with Gasteiger partial charge in [0.15, 0.2) is 0 Å². The van der Waals surface area contributed by atoms with Crippen LogP contribution in [0, 0.1) is 0 Å². The van der Waals surface area contributed by atoms with E-state index in [-0.39, 0.29) is 0 Å². The van der Waals surface area contributed by atoms with Gasteiger partial charge in [-0.1, -0.05) is 18.2 Å². The molecular weight excluding hydrogens is 138 g/mol. The summed E-state index contributed by atoms with van der Waals surface area (Å²) in [4.78, 5) is 2.07. The molecule has 2 nitrogen and oxygen atoms in total. The second-order valence-electron chi connectivity index (χ2n) is 2.87. The summed E-state index contributed by atoms with van der Waals surface area (Å²) in [6, 6.07) is 0. The van der Waals surface area contributed by atoms with Gasteiger partial charge < -0.3 is 10.0 Å². The molecule has 0 aromatic heterocycles. The highest BCUT2D eigenvalue weighted by Gasteiger charge is 2.06. The van der Waals surface area contributed by atoms with Crippen LogP contribution in [0.4, 0.5) is 0 Å². The summed E-state index contributed by atoms with van der Waals surface area (Å²) in [5.41, 5.74) is 2.08. The van der Waals surface area contributed by atoms with E-state index in [1.54, 1.807) is 0 Å². The molecule has 0 aliphatic heterocycles. The Bertz CT molecular complexity index is 224. The molecule has 0 aromatic carbocycles. The summed E-state index contributed by atoms with van der Waals surface area (Å²) in [6.45, 7) is 0.874. The molecule has 0 radical (unpaired) electrons. The molecule has 0 bridgehead atoms. The first-order valence-corrected chi connectivity index (χ1v) is 3.61. The summed E-state index contributed by atoms with van der Waals surface area (Å²) in [7, 11) is 4.02. The fraction of sp³-hybridized carbons (Fsp3) is 0.333. The van der Waals surface area contributed by atoms with Gasteiger partial charge in [-0.3, -0.25) is 0 Å². The third-order valence-electron chi connectivity index (χ3n) is 1.57. The van der Waals surface area contributed by atoms with Crippen LogP contribution in [0.5, 0.6) is 0 Å². The lowest BCUT2D eigenvalue weighted by Gasteiger charge is -2.10. The van der Waals surface area contributed by atoms with Crippen LogP contribution in [-0.4, -0.2) is 30.6 Å². The fourth-order valence-electron chi connectivity index (χ4n) is 1.08. The molecule has 1 aliphatic rings. The molecule has 0 spiro atoms. The highest BCUT2D eigenvalue weighted by atomic mass is 16.2. The van der Waals surface area contributed by atoms with Crippen molar-refractivity contribution in [2.45, 2.75) is 0 Å². The van der Waals surface area contributed by atoms with Crippen LogP contribution in [0.15, 0.2) is 35.6 Å². The predicted molar refractivity (Wildman–Crippen MR) is 46.5 cm³/mol. The maximum atomic E-state index is 8.78. The van der Waals surface area contributed by atoms with Gasteiger partial charge in [0.2, 0.25) is 0 Å². The standard InChI is InChI=1S/C9H13NO/c1-10(2)6-8-4-3-5-9(8)7-11/h3-5,7,11H,6H2,1-2H3. The van der Waals surface area contributed by atoms with Gasteiger partial charge in [-0.25, -0.2) is 0 Å². The summed E-state index contributed by atoms with van der Waals surface area (Å²) >= 11 is 0. The van der Waals surface area contributed by atoms with Crippen LogP contribution in [-0.2, 0) is 0 Å². The van der Waals surface area contributed by atoms with Gasteiger partial charge in [0.25, 0.3) is 0 Å². The van der Waals surface area contributed by atoms with Crippen LogP contribution >= 0.6 is 0 Å². The second kappa shape index (κ2) is 3.39. The monoisotopic (exact) mass is 151 g/mol. The van der Waals surface area contributed by atoms with E-state index >= 15 is 0 Å². The Kier molecular flexibility index (Phi) is 2.49. The quantitative estimate of drug-likeness (QED) is 0.604. The average molecular weight is 151 g/mol. The van der Waals surface area contributed by atoms with Gasteiger partial charge in [0, 0.05) is 12.1 Å². The molecule has 0 unspecified atom stereocenters. The summed E-state index contributed by atoms with van der Waals surface area (Å²) in [5.74, 6) is 0. The molecule has 1 rings (SSSR count). The van der Waals surface area contributed by atoms with Gasteiger partial charge in [0.1, 0.15) is 0 Å². The molecule has 1 N–H and O–H groups in total. The van der Waals surface area contributed by atoms with Crippen LogP contribution in [0.3, 0.4) is 0 Å². The minimum absolute atomic E-state index is 0.874. The predicted octanol–water partition coefficient (Wildman–Crippen LogP) is 1.49. The molecule has 0 saturated heterocycles. The van der Waals surface area contributed by atoms with E-state index < -0.39 is 0 Å². The highest BCUT2D eigenvalue weighted by molar-refractivity contribution is 5.47. The van der Waals surface area contributed by atoms with Crippen molar-refractivity contribution in [3.8, 4) is 0 Å². The molecule has 0 amide bonds. The second-order valence-corrected chi connectivity index (χ2v) is 2.87. The van der Waals surface area contributed by atoms with Gasteiger partial charge in [0.05, 0.1) is 6.26 Å². The molecule has 1 aliphatic carbocycles. The Labute approximate surface area is 67.1 Å². The molecule has 11 heavy (non-hydrogen) atoms. The lowest BCUT2D eigenvalue weighted by Crippen LogP contribution is -2.15. The van der Waals surface area contributed by atoms with Crippen LogP contribution in [0.1, 0.15) is 0 Å². The molecule has 60 valence electrons. The van der Waals surface area contributed by atoms with E-state index in [0.717, 1.165) is 24.0 Å². The first-order chi connectivity index (χ1) is 5.24. The summed E-state index contributed by atoms with van der Waals surface area (Å²) < 4.78 is 0. The Morgan fingerprint density at radius 2 is 2.27 bits per heavy atom. The normalized spacial score (nSPS) is 19.9. The Balaban J connectivity index is 2.62. The number of hydrogen-bond donors (Lipinski definition) is 1. The van der Waals surface area contributed by atoms with Gasteiger partial charge >= 0.3 is 0 Å². The highest BCUT2D eigenvalue weighted by Crippen LogP contribution is 2.17. The van der Waals surface area contributed by atoms with E-state index in [0.29, 0.717) is 0 Å². The van der Waals surface area contributed by atoms with Crippen LogP contribution in [0.25, 0.3) is 0 Å². The van der Waals surface area contributed by atoms with Gasteiger partial charge in [-0.15, -0.1) is 0 Å². The average Bonchev–Trinajstić information content (AvgIpc) is 2.34. The molecule has 0 saturated carbocycles. The zero-order chi connectivity index (χ0) is 8.27. The number of allylic oxidation sites excluding steroid dienone is 3. The van der Waals surface area contributed by atoms with Crippen molar-refractivity contribution in [2.75, 3.05) is 20.6 Å². The SMILES string of the molecule is CN(C)CC1=CC=CC1=CO. The largest absolute Gasteiger partial charge is 0.515 e. The van der Waals surface area contributed by atoms with E-state index in [9.17, 15) is 0 Å². The fourth-order valence-corrected chi connectivity index (χ4v) is 1.08. The number of aliphatic hydroxyl groups excluding tert-OH is 1. The zero-order valence-corrected chi connectivity index (χ0v) is 6.91. The number of nitrogens with zero attached hydrogens (tertiary/aromatic N) is 1. The van der Waals surface area contributed by atoms with Gasteiger partial charge in [-0.2, -0.15) is 0 Å². The Morgan fingerprint density at radius 3 is 2.82 bits per heavy atom. The van der Waals surface area contributed by atoms with Crippen LogP contribution < -0.4 is 0 Å². The molecular formula is C9H13NO. The third-order valence-corrected chi connectivity index (χ3v) is 1.57. The molecule has 0 fully saturated rings. The molecule has 0 atom stereocenters. The maximum Gasteiger partial charge on any atom is 0.0867 e. The van der Waals surface area contributed by atoms with Crippen LogP contribution in [0.2, 0.25) is 0 Å².